The molecule has 2 aromatic heterocycles. The van der Waals surface area contributed by atoms with Crippen molar-refractivity contribution < 1.29 is 4.79 Å². The van der Waals surface area contributed by atoms with Crippen molar-refractivity contribution in [3.8, 4) is 5.69 Å². The molecule has 1 aliphatic heterocycles. The smallest absolute Gasteiger partial charge is 0.244 e. The maximum absolute atomic E-state index is 13.0. The zero-order valence-electron chi connectivity index (χ0n) is 18.8. The molecule has 7 heteroatoms. The van der Waals surface area contributed by atoms with E-state index < -0.39 is 0 Å². The number of nitrogens with one attached hydrogen (secondary N) is 2. The molecule has 34 heavy (non-hydrogen) atoms. The lowest BCUT2D eigenvalue weighted by molar-refractivity contribution is -0.116. The van der Waals surface area contributed by atoms with Crippen molar-refractivity contribution in [3.63, 3.8) is 0 Å². The molecule has 0 radical (unpaired) electrons. The van der Waals surface area contributed by atoms with Gasteiger partial charge in [0.05, 0.1) is 17.8 Å². The second-order valence-electron chi connectivity index (χ2n) is 8.24. The standard InChI is InChI=1S/C27H25N5OS/c1-19-15-16-23(32(19)21-12-6-3-7-13-21)26-25(22-14-8-9-17-28-22)30-27(34)31(26)18-24(33)29-20-10-4-2-5-11-20/h2-17,25-26H,18H2,1H3,(H,29,33)(H,30,34). The van der Waals surface area contributed by atoms with Crippen LogP contribution in [0.1, 0.15) is 29.2 Å². The summed E-state index contributed by atoms with van der Waals surface area (Å²) in [4.78, 5) is 19.6. The van der Waals surface area contributed by atoms with E-state index in [1.54, 1.807) is 6.20 Å². The second kappa shape index (κ2) is 9.49. The highest BCUT2D eigenvalue weighted by Crippen LogP contribution is 2.40. The lowest BCUT2D eigenvalue weighted by Gasteiger charge is -2.29. The number of thiocarbonyl (C=S) groups is 1. The van der Waals surface area contributed by atoms with E-state index in [1.807, 2.05) is 71.6 Å². The quantitative estimate of drug-likeness (QED) is 0.399. The van der Waals surface area contributed by atoms with Crippen molar-refractivity contribution in [2.45, 2.75) is 19.0 Å². The first-order valence-corrected chi connectivity index (χ1v) is 11.6. The number of aromatic nitrogens is 2. The number of amides is 1. The van der Waals surface area contributed by atoms with Gasteiger partial charge in [-0.1, -0.05) is 42.5 Å². The molecule has 3 heterocycles. The van der Waals surface area contributed by atoms with Gasteiger partial charge in [-0.05, 0) is 67.7 Å². The third-order valence-corrected chi connectivity index (χ3v) is 6.35. The minimum atomic E-state index is -0.224. The Morgan fingerprint density at radius 1 is 0.971 bits per heavy atom. The van der Waals surface area contributed by atoms with Crippen LogP contribution in [0.3, 0.4) is 0 Å². The van der Waals surface area contributed by atoms with Gasteiger partial charge in [0.25, 0.3) is 0 Å². The van der Waals surface area contributed by atoms with Gasteiger partial charge in [0.1, 0.15) is 6.54 Å². The lowest BCUT2D eigenvalue weighted by Crippen LogP contribution is -2.37. The molecule has 1 fully saturated rings. The summed E-state index contributed by atoms with van der Waals surface area (Å²) < 4.78 is 2.22. The molecule has 170 valence electrons. The molecule has 1 aliphatic rings. The van der Waals surface area contributed by atoms with Gasteiger partial charge in [-0.15, -0.1) is 0 Å². The monoisotopic (exact) mass is 467 g/mol. The van der Waals surface area contributed by atoms with Crippen LogP contribution in [0.2, 0.25) is 0 Å². The molecule has 2 aromatic carbocycles. The molecule has 1 amide bonds. The van der Waals surface area contributed by atoms with Crippen LogP contribution in [0.25, 0.3) is 5.69 Å². The summed E-state index contributed by atoms with van der Waals surface area (Å²) in [5, 5.41) is 6.93. The Balaban J connectivity index is 1.54. The largest absolute Gasteiger partial charge is 0.352 e. The lowest BCUT2D eigenvalue weighted by atomic mass is 10.0. The van der Waals surface area contributed by atoms with Gasteiger partial charge in [-0.3, -0.25) is 9.78 Å². The Morgan fingerprint density at radius 3 is 2.38 bits per heavy atom. The van der Waals surface area contributed by atoms with Crippen LogP contribution >= 0.6 is 12.2 Å². The Labute approximate surface area is 204 Å². The van der Waals surface area contributed by atoms with Gasteiger partial charge < -0.3 is 20.1 Å². The minimum Gasteiger partial charge on any atom is -0.352 e. The molecule has 0 aliphatic carbocycles. The number of anilines is 1. The molecule has 2 N–H and O–H groups in total. The van der Waals surface area contributed by atoms with Crippen LogP contribution in [0.15, 0.2) is 97.2 Å². The molecule has 0 saturated carbocycles. The molecule has 1 saturated heterocycles. The Kier molecular flexibility index (Phi) is 6.10. The van der Waals surface area contributed by atoms with Crippen molar-refractivity contribution in [1.82, 2.24) is 19.8 Å². The summed E-state index contributed by atoms with van der Waals surface area (Å²) in [6.07, 6.45) is 1.78. The number of para-hydroxylation sites is 2. The van der Waals surface area contributed by atoms with E-state index in [0.29, 0.717) is 5.11 Å². The SMILES string of the molecule is Cc1ccc(C2C(c3ccccn3)NC(=S)N2CC(=O)Nc2ccccc2)n1-c1ccccc1. The highest BCUT2D eigenvalue weighted by molar-refractivity contribution is 7.80. The van der Waals surface area contributed by atoms with E-state index in [4.69, 9.17) is 12.2 Å². The number of hydrogen-bond donors (Lipinski definition) is 2. The highest BCUT2D eigenvalue weighted by Gasteiger charge is 2.42. The summed E-state index contributed by atoms with van der Waals surface area (Å²) in [5.74, 6) is -0.128. The van der Waals surface area contributed by atoms with Crippen LogP contribution in [-0.2, 0) is 4.79 Å². The van der Waals surface area contributed by atoms with Crippen LogP contribution in [-0.4, -0.2) is 32.0 Å². The summed E-state index contributed by atoms with van der Waals surface area (Å²) in [6, 6.07) is 29.3. The summed E-state index contributed by atoms with van der Waals surface area (Å²) in [7, 11) is 0. The topological polar surface area (TPSA) is 62.2 Å². The van der Waals surface area contributed by atoms with Crippen molar-refractivity contribution >= 4 is 28.9 Å². The van der Waals surface area contributed by atoms with Gasteiger partial charge in [-0.25, -0.2) is 0 Å². The Morgan fingerprint density at radius 2 is 1.68 bits per heavy atom. The zero-order valence-corrected chi connectivity index (χ0v) is 19.6. The zero-order chi connectivity index (χ0) is 23.5. The summed E-state index contributed by atoms with van der Waals surface area (Å²) in [5.41, 5.74) is 4.84. The number of carbonyl (C=O) groups is 1. The van der Waals surface area contributed by atoms with Gasteiger partial charge >= 0.3 is 0 Å². The average molecular weight is 468 g/mol. The number of carbonyl (C=O) groups excluding carboxylic acids is 1. The molecule has 0 spiro atoms. The second-order valence-corrected chi connectivity index (χ2v) is 8.63. The van der Waals surface area contributed by atoms with Gasteiger partial charge in [0.15, 0.2) is 5.11 Å². The van der Waals surface area contributed by atoms with E-state index in [9.17, 15) is 4.79 Å². The molecule has 2 atom stereocenters. The highest BCUT2D eigenvalue weighted by atomic mass is 32.1. The number of hydrogen-bond acceptors (Lipinski definition) is 3. The molecule has 0 bridgehead atoms. The Hall–Kier alpha value is -3.97. The molecular formula is C27H25N5OS. The van der Waals surface area contributed by atoms with Crippen LogP contribution in [0.4, 0.5) is 5.69 Å². The van der Waals surface area contributed by atoms with E-state index in [-0.39, 0.29) is 24.5 Å². The van der Waals surface area contributed by atoms with Crippen molar-refractivity contribution in [1.29, 1.82) is 0 Å². The molecular weight excluding hydrogens is 442 g/mol. The Bertz CT molecular complexity index is 1290. The predicted octanol–water partition coefficient (Wildman–Crippen LogP) is 4.79. The van der Waals surface area contributed by atoms with E-state index in [0.717, 1.165) is 28.5 Å². The number of pyridine rings is 1. The fourth-order valence-corrected chi connectivity index (χ4v) is 4.80. The minimum absolute atomic E-state index is 0.119. The number of nitrogens with zero attached hydrogens (tertiary/aromatic N) is 3. The summed E-state index contributed by atoms with van der Waals surface area (Å²) in [6.45, 7) is 2.20. The van der Waals surface area contributed by atoms with Gasteiger partial charge in [0.2, 0.25) is 5.91 Å². The van der Waals surface area contributed by atoms with Crippen LogP contribution < -0.4 is 10.6 Å². The first-order chi connectivity index (χ1) is 16.6. The van der Waals surface area contributed by atoms with E-state index >= 15 is 0 Å². The average Bonchev–Trinajstić information content (AvgIpc) is 3.40. The van der Waals surface area contributed by atoms with E-state index in [2.05, 4.69) is 51.4 Å². The molecule has 4 aromatic rings. The summed E-state index contributed by atoms with van der Waals surface area (Å²) >= 11 is 5.74. The number of benzene rings is 2. The number of rotatable bonds is 6. The molecule has 5 rings (SSSR count). The van der Waals surface area contributed by atoms with Crippen LogP contribution in [0, 0.1) is 6.92 Å². The third-order valence-electron chi connectivity index (χ3n) is 5.99. The fourth-order valence-electron chi connectivity index (χ4n) is 4.49. The molecule has 2 unspecified atom stereocenters. The van der Waals surface area contributed by atoms with Crippen molar-refractivity contribution in [2.24, 2.45) is 0 Å². The maximum Gasteiger partial charge on any atom is 0.244 e. The first-order valence-electron chi connectivity index (χ1n) is 11.2. The third kappa shape index (κ3) is 4.30. The van der Waals surface area contributed by atoms with Gasteiger partial charge in [0, 0.05) is 29.0 Å². The first kappa shape index (κ1) is 21.9. The van der Waals surface area contributed by atoms with Crippen molar-refractivity contribution in [2.75, 3.05) is 11.9 Å². The number of aryl methyl sites for hydroxylation is 1. The van der Waals surface area contributed by atoms with E-state index in [1.165, 1.54) is 0 Å². The van der Waals surface area contributed by atoms with Crippen molar-refractivity contribution in [3.05, 3.63) is 114 Å². The van der Waals surface area contributed by atoms with Gasteiger partial charge in [-0.2, -0.15) is 0 Å². The normalized spacial score (nSPS) is 17.4. The van der Waals surface area contributed by atoms with Crippen LogP contribution in [0.5, 0.6) is 0 Å². The predicted molar refractivity (Wildman–Crippen MR) is 138 cm³/mol. The molecule has 6 nitrogen and oxygen atoms in total. The maximum atomic E-state index is 13.0. The fraction of sp³-hybridized carbons (Fsp3) is 0.148.